The molecule has 0 fully saturated rings. The number of rotatable bonds is 2. The molecule has 0 saturated carbocycles. The van der Waals surface area contributed by atoms with Gasteiger partial charge in [0.05, 0.1) is 11.5 Å². The Morgan fingerprint density at radius 3 is 2.31 bits per heavy atom. The minimum atomic E-state index is -1.76. The number of hydrogen-bond donors (Lipinski definition) is 1. The standard InChI is InChI=1S/C12H13F2NO/c1-11(2,7-15)12(3,16)8-5-4-6-9(13)10(8)14/h4-6,16H,1-3H3. The topological polar surface area (TPSA) is 44.0 Å². The summed E-state index contributed by atoms with van der Waals surface area (Å²) < 4.78 is 26.6. The minimum absolute atomic E-state index is 0.209. The second kappa shape index (κ2) is 3.84. The van der Waals surface area contributed by atoms with Gasteiger partial charge >= 0.3 is 0 Å². The van der Waals surface area contributed by atoms with E-state index < -0.39 is 22.7 Å². The maximum Gasteiger partial charge on any atom is 0.164 e. The fourth-order valence-corrected chi connectivity index (χ4v) is 1.33. The summed E-state index contributed by atoms with van der Waals surface area (Å²) >= 11 is 0. The van der Waals surface area contributed by atoms with Crippen LogP contribution in [0.3, 0.4) is 0 Å². The molecule has 2 nitrogen and oxygen atoms in total. The third-order valence-corrected chi connectivity index (χ3v) is 2.97. The van der Waals surface area contributed by atoms with Gasteiger partial charge < -0.3 is 5.11 Å². The SMILES string of the molecule is CC(C)(C#N)C(C)(O)c1cccc(F)c1F. The lowest BCUT2D eigenvalue weighted by atomic mass is 9.73. The first-order valence-corrected chi connectivity index (χ1v) is 4.82. The molecule has 0 saturated heterocycles. The van der Waals surface area contributed by atoms with E-state index in [1.807, 2.05) is 6.07 Å². The van der Waals surface area contributed by atoms with Gasteiger partial charge in [-0.3, -0.25) is 0 Å². The molecule has 0 spiro atoms. The van der Waals surface area contributed by atoms with Crippen LogP contribution < -0.4 is 0 Å². The van der Waals surface area contributed by atoms with E-state index >= 15 is 0 Å². The summed E-state index contributed by atoms with van der Waals surface area (Å²) in [5.41, 5.74) is -3.19. The molecule has 0 aliphatic rings. The van der Waals surface area contributed by atoms with Crippen LogP contribution in [0.1, 0.15) is 26.3 Å². The Bertz CT molecular complexity index is 447. The average Bonchev–Trinajstić information content (AvgIpc) is 2.21. The summed E-state index contributed by atoms with van der Waals surface area (Å²) in [5.74, 6) is -2.15. The summed E-state index contributed by atoms with van der Waals surface area (Å²) in [6, 6.07) is 5.43. The normalized spacial score (nSPS) is 15.3. The lowest BCUT2D eigenvalue weighted by Crippen LogP contribution is -2.39. The van der Waals surface area contributed by atoms with Crippen LogP contribution in [-0.4, -0.2) is 5.11 Å². The molecule has 16 heavy (non-hydrogen) atoms. The molecular formula is C12H13F2NO. The first-order valence-electron chi connectivity index (χ1n) is 4.82. The molecule has 0 amide bonds. The van der Waals surface area contributed by atoms with E-state index in [1.165, 1.54) is 32.9 Å². The second-order valence-corrected chi connectivity index (χ2v) is 4.41. The van der Waals surface area contributed by atoms with Gasteiger partial charge in [-0.1, -0.05) is 12.1 Å². The Morgan fingerprint density at radius 2 is 1.81 bits per heavy atom. The summed E-state index contributed by atoms with van der Waals surface area (Å²) in [6.45, 7) is 4.24. The van der Waals surface area contributed by atoms with E-state index in [0.29, 0.717) is 0 Å². The lowest BCUT2D eigenvalue weighted by molar-refractivity contribution is -0.0301. The number of halogens is 2. The Hall–Kier alpha value is -1.47. The molecule has 1 N–H and O–H groups in total. The van der Waals surface area contributed by atoms with Crippen molar-refractivity contribution in [3.05, 3.63) is 35.4 Å². The van der Waals surface area contributed by atoms with Gasteiger partial charge in [-0.2, -0.15) is 5.26 Å². The van der Waals surface area contributed by atoms with Crippen LogP contribution in [0.4, 0.5) is 8.78 Å². The van der Waals surface area contributed by atoms with Gasteiger partial charge in [-0.15, -0.1) is 0 Å². The van der Waals surface area contributed by atoms with Crippen LogP contribution in [0.2, 0.25) is 0 Å². The summed E-state index contributed by atoms with van der Waals surface area (Å²) in [4.78, 5) is 0. The van der Waals surface area contributed by atoms with Crippen LogP contribution in [0.25, 0.3) is 0 Å². The molecule has 1 aromatic carbocycles. The smallest absolute Gasteiger partial charge is 0.164 e. The van der Waals surface area contributed by atoms with Gasteiger partial charge in [-0.05, 0) is 26.8 Å². The van der Waals surface area contributed by atoms with Crippen molar-refractivity contribution in [2.75, 3.05) is 0 Å². The Labute approximate surface area is 93.1 Å². The van der Waals surface area contributed by atoms with Crippen LogP contribution in [0, 0.1) is 28.4 Å². The molecule has 0 aliphatic heterocycles. The first-order chi connectivity index (χ1) is 7.24. The molecule has 0 heterocycles. The highest BCUT2D eigenvalue weighted by Gasteiger charge is 2.43. The highest BCUT2D eigenvalue weighted by atomic mass is 19.2. The first kappa shape index (κ1) is 12.6. The number of nitrogens with zero attached hydrogens (tertiary/aromatic N) is 1. The van der Waals surface area contributed by atoms with Gasteiger partial charge in [-0.25, -0.2) is 8.78 Å². The second-order valence-electron chi connectivity index (χ2n) is 4.41. The number of hydrogen-bond acceptors (Lipinski definition) is 2. The Balaban J connectivity index is 3.40. The monoisotopic (exact) mass is 225 g/mol. The van der Waals surface area contributed by atoms with Crippen molar-refractivity contribution >= 4 is 0 Å². The van der Waals surface area contributed by atoms with Crippen molar-refractivity contribution < 1.29 is 13.9 Å². The fraction of sp³-hybridized carbons (Fsp3) is 0.417. The molecule has 1 atom stereocenters. The largest absolute Gasteiger partial charge is 0.384 e. The quantitative estimate of drug-likeness (QED) is 0.841. The molecular weight excluding hydrogens is 212 g/mol. The lowest BCUT2D eigenvalue weighted by Gasteiger charge is -2.35. The zero-order valence-electron chi connectivity index (χ0n) is 9.38. The highest BCUT2D eigenvalue weighted by molar-refractivity contribution is 5.29. The van der Waals surface area contributed by atoms with Gasteiger partial charge in [0.1, 0.15) is 5.60 Å². The predicted octanol–water partition coefficient (Wildman–Crippen LogP) is 2.72. The van der Waals surface area contributed by atoms with Crippen molar-refractivity contribution in [3.8, 4) is 6.07 Å². The van der Waals surface area contributed by atoms with Crippen LogP contribution in [0.15, 0.2) is 18.2 Å². The predicted molar refractivity (Wildman–Crippen MR) is 55.3 cm³/mol. The van der Waals surface area contributed by atoms with E-state index in [9.17, 15) is 13.9 Å². The van der Waals surface area contributed by atoms with Gasteiger partial charge in [0.15, 0.2) is 11.6 Å². The maximum absolute atomic E-state index is 13.5. The molecule has 1 aromatic rings. The van der Waals surface area contributed by atoms with Crippen molar-refractivity contribution in [1.29, 1.82) is 5.26 Å². The van der Waals surface area contributed by atoms with Gasteiger partial charge in [0.25, 0.3) is 0 Å². The van der Waals surface area contributed by atoms with E-state index in [-0.39, 0.29) is 5.56 Å². The molecule has 0 bridgehead atoms. The number of benzene rings is 1. The summed E-state index contributed by atoms with van der Waals surface area (Å²) in [5, 5.41) is 19.1. The van der Waals surface area contributed by atoms with Crippen LogP contribution in [-0.2, 0) is 5.60 Å². The van der Waals surface area contributed by atoms with Gasteiger partial charge in [0.2, 0.25) is 0 Å². The number of aliphatic hydroxyl groups is 1. The third-order valence-electron chi connectivity index (χ3n) is 2.97. The maximum atomic E-state index is 13.5. The zero-order chi connectivity index (χ0) is 12.6. The fourth-order valence-electron chi connectivity index (χ4n) is 1.33. The van der Waals surface area contributed by atoms with E-state index in [2.05, 4.69) is 0 Å². The summed E-state index contributed by atoms with van der Waals surface area (Å²) in [7, 11) is 0. The van der Waals surface area contributed by atoms with Crippen molar-refractivity contribution in [2.24, 2.45) is 5.41 Å². The Kier molecular flexibility index (Phi) is 3.02. The van der Waals surface area contributed by atoms with E-state index in [4.69, 9.17) is 5.26 Å². The molecule has 0 aromatic heterocycles. The molecule has 0 aliphatic carbocycles. The van der Waals surface area contributed by atoms with Crippen molar-refractivity contribution in [2.45, 2.75) is 26.4 Å². The third kappa shape index (κ3) is 1.79. The minimum Gasteiger partial charge on any atom is -0.384 e. The average molecular weight is 225 g/mol. The molecule has 4 heteroatoms. The highest BCUT2D eigenvalue weighted by Crippen LogP contribution is 2.40. The number of nitriles is 1. The van der Waals surface area contributed by atoms with Crippen molar-refractivity contribution in [3.63, 3.8) is 0 Å². The van der Waals surface area contributed by atoms with Crippen molar-refractivity contribution in [1.82, 2.24) is 0 Å². The van der Waals surface area contributed by atoms with Crippen LogP contribution in [0.5, 0.6) is 0 Å². The zero-order valence-corrected chi connectivity index (χ0v) is 9.38. The Morgan fingerprint density at radius 1 is 1.25 bits per heavy atom. The summed E-state index contributed by atoms with van der Waals surface area (Å²) in [6.07, 6.45) is 0. The van der Waals surface area contributed by atoms with Crippen LogP contribution >= 0.6 is 0 Å². The molecule has 1 unspecified atom stereocenters. The van der Waals surface area contributed by atoms with Gasteiger partial charge in [0, 0.05) is 5.56 Å². The molecule has 86 valence electrons. The van der Waals surface area contributed by atoms with E-state index in [0.717, 1.165) is 6.07 Å². The molecule has 1 rings (SSSR count). The molecule has 0 radical (unpaired) electrons. The van der Waals surface area contributed by atoms with E-state index in [1.54, 1.807) is 0 Å².